The highest BCUT2D eigenvalue weighted by Crippen LogP contribution is 2.29. The molecule has 1 fully saturated rings. The summed E-state index contributed by atoms with van der Waals surface area (Å²) in [7, 11) is 3.82. The second-order valence-corrected chi connectivity index (χ2v) is 5.95. The summed E-state index contributed by atoms with van der Waals surface area (Å²) < 4.78 is 5.24. The SMILES string of the molecule is COc1ccc(O)c(C(C)NC2CCN(C)CC2C)c1. The Bertz CT molecular complexity index is 450. The fraction of sp³-hybridized carbons (Fsp3) is 0.625. The molecule has 0 spiro atoms. The number of phenolic OH excluding ortho intramolecular Hbond substituents is 1. The van der Waals surface area contributed by atoms with Crippen molar-refractivity contribution >= 4 is 0 Å². The lowest BCUT2D eigenvalue weighted by molar-refractivity contribution is 0.167. The summed E-state index contributed by atoms with van der Waals surface area (Å²) in [5.41, 5.74) is 0.899. The number of ether oxygens (including phenoxy) is 1. The first-order chi connectivity index (χ1) is 9.51. The zero-order chi connectivity index (χ0) is 14.7. The van der Waals surface area contributed by atoms with Crippen LogP contribution in [0.4, 0.5) is 0 Å². The predicted molar refractivity (Wildman–Crippen MR) is 81.3 cm³/mol. The van der Waals surface area contributed by atoms with Crippen LogP contribution in [0.1, 0.15) is 31.9 Å². The maximum Gasteiger partial charge on any atom is 0.120 e. The second-order valence-electron chi connectivity index (χ2n) is 5.95. The number of likely N-dealkylation sites (tertiary alicyclic amines) is 1. The molecule has 1 aromatic rings. The number of benzene rings is 1. The Balaban J connectivity index is 2.06. The third kappa shape index (κ3) is 3.44. The van der Waals surface area contributed by atoms with Crippen LogP contribution in [0.5, 0.6) is 11.5 Å². The number of nitrogens with one attached hydrogen (secondary N) is 1. The molecule has 0 aliphatic carbocycles. The lowest BCUT2D eigenvalue weighted by atomic mass is 9.92. The molecule has 20 heavy (non-hydrogen) atoms. The molecule has 0 amide bonds. The Hall–Kier alpha value is -1.26. The molecule has 0 saturated carbocycles. The van der Waals surface area contributed by atoms with Gasteiger partial charge in [-0.3, -0.25) is 0 Å². The highest BCUT2D eigenvalue weighted by Gasteiger charge is 2.26. The molecule has 0 radical (unpaired) electrons. The normalized spacial score (nSPS) is 25.4. The van der Waals surface area contributed by atoms with E-state index < -0.39 is 0 Å². The van der Waals surface area contributed by atoms with Gasteiger partial charge in [0.2, 0.25) is 0 Å². The molecular formula is C16H26N2O2. The van der Waals surface area contributed by atoms with Gasteiger partial charge in [0.15, 0.2) is 0 Å². The number of nitrogens with zero attached hydrogens (tertiary/aromatic N) is 1. The zero-order valence-corrected chi connectivity index (χ0v) is 12.9. The molecule has 4 nitrogen and oxygen atoms in total. The number of hydrogen-bond donors (Lipinski definition) is 2. The van der Waals surface area contributed by atoms with Gasteiger partial charge in [0.25, 0.3) is 0 Å². The summed E-state index contributed by atoms with van der Waals surface area (Å²) in [6.45, 7) is 6.62. The van der Waals surface area contributed by atoms with E-state index in [0.717, 1.165) is 30.8 Å². The van der Waals surface area contributed by atoms with Crippen molar-refractivity contribution in [3.63, 3.8) is 0 Å². The van der Waals surface area contributed by atoms with Crippen LogP contribution in [0.3, 0.4) is 0 Å². The van der Waals surface area contributed by atoms with Gasteiger partial charge in [0.05, 0.1) is 7.11 Å². The summed E-state index contributed by atoms with van der Waals surface area (Å²) in [6, 6.07) is 5.99. The Labute approximate surface area is 121 Å². The molecule has 0 aromatic heterocycles. The van der Waals surface area contributed by atoms with E-state index in [9.17, 15) is 5.11 Å². The van der Waals surface area contributed by atoms with E-state index in [-0.39, 0.29) is 6.04 Å². The highest BCUT2D eigenvalue weighted by molar-refractivity contribution is 5.41. The van der Waals surface area contributed by atoms with E-state index in [1.165, 1.54) is 0 Å². The fourth-order valence-electron chi connectivity index (χ4n) is 3.02. The Morgan fingerprint density at radius 3 is 2.85 bits per heavy atom. The van der Waals surface area contributed by atoms with Gasteiger partial charge in [-0.2, -0.15) is 0 Å². The van der Waals surface area contributed by atoms with Crippen LogP contribution in [0.15, 0.2) is 18.2 Å². The average molecular weight is 278 g/mol. The van der Waals surface area contributed by atoms with Crippen LogP contribution in [0, 0.1) is 5.92 Å². The minimum absolute atomic E-state index is 0.112. The first-order valence-corrected chi connectivity index (χ1v) is 7.32. The molecular weight excluding hydrogens is 252 g/mol. The number of aromatic hydroxyl groups is 1. The lowest BCUT2D eigenvalue weighted by Crippen LogP contribution is -2.47. The molecule has 2 rings (SSSR count). The van der Waals surface area contributed by atoms with Gasteiger partial charge in [-0.05, 0) is 51.1 Å². The van der Waals surface area contributed by atoms with Crippen molar-refractivity contribution in [1.82, 2.24) is 10.2 Å². The van der Waals surface area contributed by atoms with Crippen LogP contribution < -0.4 is 10.1 Å². The van der Waals surface area contributed by atoms with E-state index in [2.05, 4.69) is 31.1 Å². The molecule has 1 aromatic carbocycles. The lowest BCUT2D eigenvalue weighted by Gasteiger charge is -2.37. The van der Waals surface area contributed by atoms with Crippen LogP contribution in [0.2, 0.25) is 0 Å². The maximum atomic E-state index is 10.0. The van der Waals surface area contributed by atoms with Gasteiger partial charge in [0.1, 0.15) is 11.5 Å². The number of piperidine rings is 1. The number of rotatable bonds is 4. The molecule has 4 heteroatoms. The van der Waals surface area contributed by atoms with Crippen molar-refractivity contribution in [1.29, 1.82) is 0 Å². The van der Waals surface area contributed by atoms with Gasteiger partial charge in [-0.15, -0.1) is 0 Å². The monoisotopic (exact) mass is 278 g/mol. The minimum atomic E-state index is 0.112. The Kier molecular flexibility index (Phi) is 4.89. The van der Waals surface area contributed by atoms with E-state index in [0.29, 0.717) is 17.7 Å². The summed E-state index contributed by atoms with van der Waals surface area (Å²) in [4.78, 5) is 2.37. The molecule has 1 saturated heterocycles. The molecule has 3 atom stereocenters. The number of hydrogen-bond acceptors (Lipinski definition) is 4. The smallest absolute Gasteiger partial charge is 0.120 e. The van der Waals surface area contributed by atoms with Crippen molar-refractivity contribution in [3.8, 4) is 11.5 Å². The van der Waals surface area contributed by atoms with Gasteiger partial charge in [0, 0.05) is 24.2 Å². The third-order valence-electron chi connectivity index (χ3n) is 4.27. The van der Waals surface area contributed by atoms with Crippen molar-refractivity contribution in [2.45, 2.75) is 32.4 Å². The van der Waals surface area contributed by atoms with E-state index >= 15 is 0 Å². The largest absolute Gasteiger partial charge is 0.508 e. The molecule has 1 heterocycles. The highest BCUT2D eigenvalue weighted by atomic mass is 16.5. The van der Waals surface area contributed by atoms with E-state index in [4.69, 9.17) is 4.74 Å². The topological polar surface area (TPSA) is 44.7 Å². The first-order valence-electron chi connectivity index (χ1n) is 7.32. The Morgan fingerprint density at radius 2 is 2.20 bits per heavy atom. The summed E-state index contributed by atoms with van der Waals surface area (Å²) in [5, 5.41) is 13.7. The maximum absolute atomic E-state index is 10.0. The fourth-order valence-corrected chi connectivity index (χ4v) is 3.02. The average Bonchev–Trinajstić information content (AvgIpc) is 2.42. The number of methoxy groups -OCH3 is 1. The summed E-state index contributed by atoms with van der Waals surface area (Å²) >= 11 is 0. The number of phenols is 1. The summed E-state index contributed by atoms with van der Waals surface area (Å²) in [6.07, 6.45) is 1.15. The van der Waals surface area contributed by atoms with Gasteiger partial charge < -0.3 is 20.1 Å². The predicted octanol–water partition coefficient (Wildman–Crippen LogP) is 2.39. The minimum Gasteiger partial charge on any atom is -0.508 e. The molecule has 112 valence electrons. The van der Waals surface area contributed by atoms with Crippen molar-refractivity contribution in [3.05, 3.63) is 23.8 Å². The standard InChI is InChI=1S/C16H26N2O2/c1-11-10-18(3)8-7-15(11)17-12(2)14-9-13(20-4)5-6-16(14)19/h5-6,9,11-12,15,17,19H,7-8,10H2,1-4H3. The van der Waals surface area contributed by atoms with Crippen LogP contribution in [0.25, 0.3) is 0 Å². The molecule has 1 aliphatic heterocycles. The van der Waals surface area contributed by atoms with Gasteiger partial charge >= 0.3 is 0 Å². The summed E-state index contributed by atoms with van der Waals surface area (Å²) in [5.74, 6) is 1.72. The molecule has 0 bridgehead atoms. The van der Waals surface area contributed by atoms with Gasteiger partial charge in [-0.25, -0.2) is 0 Å². The quantitative estimate of drug-likeness (QED) is 0.887. The van der Waals surface area contributed by atoms with Crippen LogP contribution in [-0.2, 0) is 0 Å². The van der Waals surface area contributed by atoms with Crippen molar-refractivity contribution < 1.29 is 9.84 Å². The van der Waals surface area contributed by atoms with E-state index in [1.54, 1.807) is 19.2 Å². The van der Waals surface area contributed by atoms with E-state index in [1.807, 2.05) is 6.07 Å². The Morgan fingerprint density at radius 1 is 1.45 bits per heavy atom. The second kappa shape index (κ2) is 6.46. The van der Waals surface area contributed by atoms with Crippen molar-refractivity contribution in [2.75, 3.05) is 27.2 Å². The molecule has 1 aliphatic rings. The van der Waals surface area contributed by atoms with Crippen LogP contribution >= 0.6 is 0 Å². The first kappa shape index (κ1) is 15.1. The third-order valence-corrected chi connectivity index (χ3v) is 4.27. The molecule has 2 N–H and O–H groups in total. The zero-order valence-electron chi connectivity index (χ0n) is 12.9. The van der Waals surface area contributed by atoms with Gasteiger partial charge in [-0.1, -0.05) is 6.92 Å². The van der Waals surface area contributed by atoms with Crippen LogP contribution in [-0.4, -0.2) is 43.3 Å². The molecule has 3 unspecified atom stereocenters. The van der Waals surface area contributed by atoms with Crippen molar-refractivity contribution in [2.24, 2.45) is 5.92 Å².